The molecule has 0 unspecified atom stereocenters. The van der Waals surface area contributed by atoms with Crippen molar-refractivity contribution in [3.63, 3.8) is 0 Å². The molecule has 0 bridgehead atoms. The first-order valence-corrected chi connectivity index (χ1v) is 15.0. The second-order valence-corrected chi connectivity index (χ2v) is 11.6. The lowest BCUT2D eigenvalue weighted by Gasteiger charge is -2.18. The van der Waals surface area contributed by atoms with E-state index in [0.29, 0.717) is 0 Å². The van der Waals surface area contributed by atoms with E-state index >= 15 is 0 Å². The van der Waals surface area contributed by atoms with E-state index in [1.165, 1.54) is 49.0 Å². The molecule has 204 valence electrons. The van der Waals surface area contributed by atoms with Crippen LogP contribution >= 0.6 is 0 Å². The number of benzene rings is 8. The summed E-state index contributed by atoms with van der Waals surface area (Å²) >= 11 is 0. The van der Waals surface area contributed by atoms with Crippen molar-refractivity contribution >= 4 is 76.2 Å². The maximum Gasteiger partial charge on any atom is 0.147 e. The Morgan fingerprint density at radius 3 is 1.57 bits per heavy atom. The van der Waals surface area contributed by atoms with Crippen LogP contribution in [-0.4, -0.2) is 0 Å². The molecule has 0 atom stereocenters. The van der Waals surface area contributed by atoms with Crippen molar-refractivity contribution in [3.05, 3.63) is 146 Å². The largest absolute Gasteiger partial charge is 0.456 e. The highest BCUT2D eigenvalue weighted by molar-refractivity contribution is 6.27. The van der Waals surface area contributed by atoms with Crippen LogP contribution in [0.15, 0.2) is 154 Å². The van der Waals surface area contributed by atoms with Crippen molar-refractivity contribution in [2.45, 2.75) is 0 Å². The summed E-state index contributed by atoms with van der Waals surface area (Å²) in [5.74, 6) is 0. The zero-order chi connectivity index (χ0) is 28.8. The second-order valence-electron chi connectivity index (χ2n) is 11.6. The van der Waals surface area contributed by atoms with Gasteiger partial charge in [-0.25, -0.2) is 0 Å². The third kappa shape index (κ3) is 3.14. The van der Waals surface area contributed by atoms with Gasteiger partial charge in [0.1, 0.15) is 22.3 Å². The topological polar surface area (TPSA) is 26.3 Å². The highest BCUT2D eigenvalue weighted by atomic mass is 16.3. The van der Waals surface area contributed by atoms with E-state index in [9.17, 15) is 0 Å². The molecule has 0 saturated carbocycles. The summed E-state index contributed by atoms with van der Waals surface area (Å²) in [4.78, 5) is 0. The number of rotatable bonds is 2. The van der Waals surface area contributed by atoms with Crippen molar-refractivity contribution in [1.29, 1.82) is 0 Å². The van der Waals surface area contributed by atoms with Crippen LogP contribution in [0.4, 0.5) is 0 Å². The van der Waals surface area contributed by atoms with Crippen molar-refractivity contribution in [2.24, 2.45) is 0 Å². The molecule has 0 radical (unpaired) electrons. The zero-order valence-electron chi connectivity index (χ0n) is 23.7. The quantitative estimate of drug-likeness (QED) is 0.197. The van der Waals surface area contributed by atoms with Gasteiger partial charge in [-0.3, -0.25) is 0 Å². The van der Waals surface area contributed by atoms with Crippen molar-refractivity contribution < 1.29 is 8.83 Å². The Balaban J connectivity index is 1.36. The third-order valence-electron chi connectivity index (χ3n) is 9.26. The maximum absolute atomic E-state index is 6.93. The fourth-order valence-corrected chi connectivity index (χ4v) is 7.41. The Bertz CT molecular complexity index is 2710. The van der Waals surface area contributed by atoms with Crippen LogP contribution in [0.3, 0.4) is 0 Å². The molecule has 0 saturated heterocycles. The average molecular weight is 561 g/mol. The molecule has 0 fully saturated rings. The van der Waals surface area contributed by atoms with Gasteiger partial charge in [-0.1, -0.05) is 127 Å². The van der Waals surface area contributed by atoms with E-state index in [-0.39, 0.29) is 0 Å². The van der Waals surface area contributed by atoms with Gasteiger partial charge in [0.15, 0.2) is 0 Å². The van der Waals surface area contributed by atoms with Gasteiger partial charge < -0.3 is 8.83 Å². The normalized spacial score (nSPS) is 12.1. The Labute approximate surface area is 252 Å². The molecule has 2 nitrogen and oxygen atoms in total. The van der Waals surface area contributed by atoms with E-state index < -0.39 is 0 Å². The maximum atomic E-state index is 6.93. The van der Waals surface area contributed by atoms with Crippen LogP contribution in [-0.2, 0) is 0 Å². The molecule has 2 heterocycles. The Morgan fingerprint density at radius 2 is 0.818 bits per heavy atom. The molecular formula is C42H24O2. The van der Waals surface area contributed by atoms with Gasteiger partial charge in [0.2, 0.25) is 0 Å². The van der Waals surface area contributed by atoms with Crippen molar-refractivity contribution in [2.75, 3.05) is 0 Å². The molecule has 2 heteroatoms. The summed E-state index contributed by atoms with van der Waals surface area (Å²) in [6.07, 6.45) is 0. The first kappa shape index (κ1) is 23.7. The highest BCUT2D eigenvalue weighted by Crippen LogP contribution is 2.48. The van der Waals surface area contributed by atoms with E-state index in [2.05, 4.69) is 133 Å². The van der Waals surface area contributed by atoms with Crippen LogP contribution in [0.2, 0.25) is 0 Å². The molecule has 10 aromatic rings. The minimum absolute atomic E-state index is 0.842. The minimum atomic E-state index is 0.842. The summed E-state index contributed by atoms with van der Waals surface area (Å²) < 4.78 is 13.1. The average Bonchev–Trinajstić information content (AvgIpc) is 3.65. The lowest BCUT2D eigenvalue weighted by molar-refractivity contribution is 0.663. The lowest BCUT2D eigenvalue weighted by atomic mass is 9.84. The van der Waals surface area contributed by atoms with Gasteiger partial charge in [-0.15, -0.1) is 0 Å². The van der Waals surface area contributed by atoms with E-state index in [4.69, 9.17) is 8.83 Å². The van der Waals surface area contributed by atoms with Gasteiger partial charge in [0, 0.05) is 27.3 Å². The smallest absolute Gasteiger partial charge is 0.147 e. The lowest BCUT2D eigenvalue weighted by Crippen LogP contribution is -1.91. The highest BCUT2D eigenvalue weighted by Gasteiger charge is 2.22. The van der Waals surface area contributed by atoms with Crippen LogP contribution in [0.5, 0.6) is 0 Å². The minimum Gasteiger partial charge on any atom is -0.456 e. The molecule has 8 aromatic carbocycles. The number of furan rings is 2. The fourth-order valence-electron chi connectivity index (χ4n) is 7.41. The second kappa shape index (κ2) is 8.82. The molecule has 44 heavy (non-hydrogen) atoms. The zero-order valence-corrected chi connectivity index (χ0v) is 23.7. The van der Waals surface area contributed by atoms with Crippen LogP contribution in [0.25, 0.3) is 98.4 Å². The number of para-hydroxylation sites is 2. The Kier molecular flexibility index (Phi) is 4.75. The van der Waals surface area contributed by atoms with Gasteiger partial charge >= 0.3 is 0 Å². The molecule has 0 aliphatic heterocycles. The summed E-state index contributed by atoms with van der Waals surface area (Å²) in [5, 5.41) is 11.7. The predicted molar refractivity (Wildman–Crippen MR) is 184 cm³/mol. The Hall–Kier alpha value is -5.86. The van der Waals surface area contributed by atoms with E-state index in [1.54, 1.807) is 0 Å². The van der Waals surface area contributed by atoms with Crippen LogP contribution in [0, 0.1) is 0 Å². The van der Waals surface area contributed by atoms with Crippen LogP contribution < -0.4 is 0 Å². The third-order valence-corrected chi connectivity index (χ3v) is 9.26. The van der Waals surface area contributed by atoms with Gasteiger partial charge in [-0.05, 0) is 61.6 Å². The molecule has 2 aromatic heterocycles. The van der Waals surface area contributed by atoms with Crippen LogP contribution in [0.1, 0.15) is 0 Å². The van der Waals surface area contributed by atoms with Crippen molar-refractivity contribution in [3.8, 4) is 22.3 Å². The fraction of sp³-hybridized carbons (Fsp3) is 0. The first-order valence-electron chi connectivity index (χ1n) is 15.0. The van der Waals surface area contributed by atoms with E-state index in [0.717, 1.165) is 49.4 Å². The van der Waals surface area contributed by atoms with Gasteiger partial charge in [0.25, 0.3) is 0 Å². The summed E-state index contributed by atoms with van der Waals surface area (Å²) in [7, 11) is 0. The SMILES string of the molecule is c1ccc2c(-c3c4ccccc4c(-c4cccc5c4oc4c5ccc5oc6ccccc6c54)c4ccccc34)cccc2c1. The molecule has 0 spiro atoms. The standard InChI is InChI=1S/C42H24O2/c1-2-13-26-25(11-1)12-9-19-27(26)38-28-14-3-5-16-30(28)39(31-17-6-4-15-29(31)38)35-21-10-20-32-33-23-24-37-40(42(33)44-41(32)35)34-18-7-8-22-36(34)43-37/h1-24H. The van der Waals surface area contributed by atoms with Gasteiger partial charge in [0.05, 0.1) is 5.39 Å². The monoisotopic (exact) mass is 560 g/mol. The molecular weight excluding hydrogens is 536 g/mol. The molecule has 0 aliphatic carbocycles. The summed E-state index contributed by atoms with van der Waals surface area (Å²) in [5.41, 5.74) is 8.28. The molecule has 0 aliphatic rings. The number of hydrogen-bond acceptors (Lipinski definition) is 2. The summed E-state index contributed by atoms with van der Waals surface area (Å²) in [6.45, 7) is 0. The van der Waals surface area contributed by atoms with Crippen molar-refractivity contribution in [1.82, 2.24) is 0 Å². The molecule has 10 rings (SSSR count). The van der Waals surface area contributed by atoms with E-state index in [1.807, 2.05) is 12.1 Å². The summed E-state index contributed by atoms with van der Waals surface area (Å²) in [6, 6.07) is 51.9. The number of hydrogen-bond donors (Lipinski definition) is 0. The predicted octanol–water partition coefficient (Wildman–Crippen LogP) is 12.3. The molecule has 0 amide bonds. The Morgan fingerprint density at radius 1 is 0.295 bits per heavy atom. The first-order chi connectivity index (χ1) is 21.8. The molecule has 0 N–H and O–H groups in total. The van der Waals surface area contributed by atoms with Gasteiger partial charge in [-0.2, -0.15) is 0 Å². The number of fused-ring (bicyclic) bond motifs is 10.